The fourth-order valence-electron chi connectivity index (χ4n) is 7.88. The maximum atomic E-state index is 6.89. The van der Waals surface area contributed by atoms with E-state index in [2.05, 4.69) is 125 Å². The largest absolute Gasteiger partial charge is 0.457 e. The summed E-state index contributed by atoms with van der Waals surface area (Å²) in [6.45, 7) is 0. The van der Waals surface area contributed by atoms with Crippen LogP contribution in [0.25, 0.3) is 38.9 Å². The molecule has 5 nitrogen and oxygen atoms in total. The highest BCUT2D eigenvalue weighted by Gasteiger charge is 2.48. The van der Waals surface area contributed by atoms with Gasteiger partial charge in [0.25, 0.3) is 0 Å². The van der Waals surface area contributed by atoms with Crippen molar-refractivity contribution in [2.75, 3.05) is 0 Å². The summed E-state index contributed by atoms with van der Waals surface area (Å²) in [4.78, 5) is 9.36. The van der Waals surface area contributed by atoms with E-state index in [1.807, 2.05) is 66.9 Å². The van der Waals surface area contributed by atoms with Crippen molar-refractivity contribution in [2.24, 2.45) is 0 Å². The summed E-state index contributed by atoms with van der Waals surface area (Å²) in [7, 11) is -2.83. The van der Waals surface area contributed by atoms with E-state index in [0.29, 0.717) is 0 Å². The quantitative estimate of drug-likeness (QED) is 0.165. The van der Waals surface area contributed by atoms with Crippen LogP contribution in [0.3, 0.4) is 0 Å². The molecule has 0 fully saturated rings. The van der Waals surface area contributed by atoms with Crippen LogP contribution in [0.2, 0.25) is 0 Å². The van der Waals surface area contributed by atoms with Gasteiger partial charge in [0.15, 0.2) is 8.07 Å². The Morgan fingerprint density at radius 3 is 1.92 bits per heavy atom. The van der Waals surface area contributed by atoms with Crippen LogP contribution in [0.4, 0.5) is 0 Å². The van der Waals surface area contributed by atoms with Crippen LogP contribution in [0, 0.1) is 0 Å². The summed E-state index contributed by atoms with van der Waals surface area (Å²) >= 11 is 0. The SMILES string of the molecule is c1ccc([Si]2(c3ccccc3)c3ccccc3Oc3cc4c(cc32)c2ccc(Oc3cccc(-c5ccccn5)c3)cc2n4-c2ccccn2)cc1. The lowest BCUT2D eigenvalue weighted by Crippen LogP contribution is -2.76. The topological polar surface area (TPSA) is 49.2 Å². The van der Waals surface area contributed by atoms with Crippen LogP contribution in [0.15, 0.2) is 188 Å². The van der Waals surface area contributed by atoms with Crippen molar-refractivity contribution in [3.05, 3.63) is 188 Å². The number of benzene rings is 6. The van der Waals surface area contributed by atoms with Crippen molar-refractivity contribution in [2.45, 2.75) is 0 Å². The van der Waals surface area contributed by atoms with Crippen LogP contribution in [0.1, 0.15) is 0 Å². The summed E-state index contributed by atoms with van der Waals surface area (Å²) < 4.78 is 15.7. The van der Waals surface area contributed by atoms with Crippen molar-refractivity contribution >= 4 is 50.6 Å². The van der Waals surface area contributed by atoms with Gasteiger partial charge in [-0.15, -0.1) is 0 Å². The molecule has 4 heterocycles. The number of hydrogen-bond donors (Lipinski definition) is 0. The molecule has 0 saturated heterocycles. The first kappa shape index (κ1) is 30.1. The van der Waals surface area contributed by atoms with Gasteiger partial charge in [-0.3, -0.25) is 9.55 Å². The number of nitrogens with zero attached hydrogens (tertiary/aromatic N) is 3. The molecule has 10 rings (SSSR count). The van der Waals surface area contributed by atoms with Gasteiger partial charge in [-0.2, -0.15) is 0 Å². The van der Waals surface area contributed by atoms with Crippen molar-refractivity contribution in [3.8, 4) is 40.1 Å². The van der Waals surface area contributed by atoms with E-state index in [-0.39, 0.29) is 0 Å². The second kappa shape index (κ2) is 12.2. The van der Waals surface area contributed by atoms with Gasteiger partial charge in [0, 0.05) is 40.9 Å². The molecule has 1 aliphatic rings. The number of ether oxygens (including phenoxy) is 2. The van der Waals surface area contributed by atoms with Gasteiger partial charge in [0.1, 0.15) is 28.8 Å². The molecule has 6 heteroatoms. The normalized spacial score (nSPS) is 12.9. The molecule has 1 aliphatic heterocycles. The first-order valence-electron chi connectivity index (χ1n) is 17.4. The van der Waals surface area contributed by atoms with Crippen molar-refractivity contribution in [3.63, 3.8) is 0 Å². The maximum Gasteiger partial charge on any atom is 0.188 e. The monoisotopic (exact) mass is 685 g/mol. The molecular weight excluding hydrogens is 655 g/mol. The highest BCUT2D eigenvalue weighted by atomic mass is 28.3. The summed E-state index contributed by atoms with van der Waals surface area (Å²) in [6, 6.07) is 61.5. The molecule has 0 bridgehead atoms. The van der Waals surface area contributed by atoms with Crippen LogP contribution in [-0.4, -0.2) is 22.6 Å². The minimum atomic E-state index is -2.83. The van der Waals surface area contributed by atoms with Gasteiger partial charge in [-0.25, -0.2) is 4.98 Å². The van der Waals surface area contributed by atoms with Gasteiger partial charge in [0.2, 0.25) is 0 Å². The van der Waals surface area contributed by atoms with Gasteiger partial charge >= 0.3 is 0 Å². The van der Waals surface area contributed by atoms with Gasteiger partial charge < -0.3 is 9.47 Å². The number of para-hydroxylation sites is 1. The molecule has 0 N–H and O–H groups in total. The molecule has 246 valence electrons. The van der Waals surface area contributed by atoms with E-state index >= 15 is 0 Å². The summed E-state index contributed by atoms with van der Waals surface area (Å²) in [5, 5.41) is 7.35. The Hall–Kier alpha value is -6.76. The Morgan fingerprint density at radius 1 is 0.481 bits per heavy atom. The van der Waals surface area contributed by atoms with Crippen molar-refractivity contribution < 1.29 is 9.47 Å². The molecule has 0 aliphatic carbocycles. The predicted molar refractivity (Wildman–Crippen MR) is 212 cm³/mol. The van der Waals surface area contributed by atoms with E-state index in [1.165, 1.54) is 20.7 Å². The molecule has 0 saturated carbocycles. The van der Waals surface area contributed by atoms with E-state index in [1.54, 1.807) is 6.20 Å². The Kier molecular flexibility index (Phi) is 7.08. The zero-order chi connectivity index (χ0) is 34.5. The summed E-state index contributed by atoms with van der Waals surface area (Å²) in [6.07, 6.45) is 3.64. The summed E-state index contributed by atoms with van der Waals surface area (Å²) in [5.74, 6) is 4.07. The third kappa shape index (κ3) is 4.76. The lowest BCUT2D eigenvalue weighted by molar-refractivity contribution is 0.483. The molecule has 6 aromatic carbocycles. The van der Waals surface area contributed by atoms with Gasteiger partial charge in [0.05, 0.1) is 16.7 Å². The van der Waals surface area contributed by atoms with Crippen LogP contribution in [0.5, 0.6) is 23.0 Å². The fourth-order valence-corrected chi connectivity index (χ4v) is 12.8. The minimum Gasteiger partial charge on any atom is -0.457 e. The predicted octanol–water partition coefficient (Wildman–Crippen LogP) is 8.52. The van der Waals surface area contributed by atoms with Crippen LogP contribution >= 0.6 is 0 Å². The number of hydrogen-bond acceptors (Lipinski definition) is 4. The summed E-state index contributed by atoms with van der Waals surface area (Å²) in [5.41, 5.74) is 3.92. The third-order valence-electron chi connectivity index (χ3n) is 10.1. The molecule has 52 heavy (non-hydrogen) atoms. The first-order valence-corrected chi connectivity index (χ1v) is 19.4. The number of fused-ring (bicyclic) bond motifs is 5. The third-order valence-corrected chi connectivity index (χ3v) is 14.9. The molecule has 0 spiro atoms. The fraction of sp³-hybridized carbons (Fsp3) is 0. The maximum absolute atomic E-state index is 6.89. The lowest BCUT2D eigenvalue weighted by Gasteiger charge is -2.39. The average molecular weight is 686 g/mol. The van der Waals surface area contributed by atoms with E-state index < -0.39 is 8.07 Å². The molecule has 0 amide bonds. The minimum absolute atomic E-state index is 0.733. The Bertz CT molecular complexity index is 2690. The van der Waals surface area contributed by atoms with Crippen molar-refractivity contribution in [1.82, 2.24) is 14.5 Å². The zero-order valence-corrected chi connectivity index (χ0v) is 29.1. The second-order valence-corrected chi connectivity index (χ2v) is 16.7. The van der Waals surface area contributed by atoms with Crippen LogP contribution < -0.4 is 30.2 Å². The average Bonchev–Trinajstić information content (AvgIpc) is 3.53. The molecule has 0 atom stereocenters. The van der Waals surface area contributed by atoms with Crippen molar-refractivity contribution in [1.29, 1.82) is 0 Å². The highest BCUT2D eigenvalue weighted by Crippen LogP contribution is 2.39. The van der Waals surface area contributed by atoms with E-state index in [0.717, 1.165) is 61.9 Å². The smallest absolute Gasteiger partial charge is 0.188 e. The Labute approximate surface area is 302 Å². The highest BCUT2D eigenvalue weighted by molar-refractivity contribution is 7.20. The standard InChI is InChI=1S/C46H31N3O2Si/c1-3-16-35(17-4-1)52(36-18-5-2-6-19-36)44-22-8-7-21-42(44)51-43-31-41-38(30-45(43)52)37-25-24-34(29-40(37)49(41)46-23-10-12-27-48-46)50-33-15-13-14-32(28-33)39-20-9-11-26-47-39/h1-31H. The van der Waals surface area contributed by atoms with Gasteiger partial charge in [-0.05, 0) is 81.4 Å². The molecular formula is C46H31N3O2Si. The second-order valence-electron chi connectivity index (χ2n) is 13.0. The molecule has 0 radical (unpaired) electrons. The first-order chi connectivity index (χ1) is 25.8. The number of aromatic nitrogens is 3. The molecule has 3 aromatic heterocycles. The Morgan fingerprint density at radius 2 is 1.17 bits per heavy atom. The van der Waals surface area contributed by atoms with Gasteiger partial charge in [-0.1, -0.05) is 103 Å². The number of pyridine rings is 2. The molecule has 0 unspecified atom stereocenters. The molecule has 9 aromatic rings. The van der Waals surface area contributed by atoms with E-state index in [9.17, 15) is 0 Å². The lowest BCUT2D eigenvalue weighted by atomic mass is 10.1. The Balaban J connectivity index is 1.22. The van der Waals surface area contributed by atoms with E-state index in [4.69, 9.17) is 14.5 Å². The zero-order valence-electron chi connectivity index (χ0n) is 28.1. The van der Waals surface area contributed by atoms with Crippen LogP contribution in [-0.2, 0) is 0 Å². The number of rotatable bonds is 6.